The van der Waals surface area contributed by atoms with Crippen molar-refractivity contribution >= 4 is 14.4 Å². The highest BCUT2D eigenvalue weighted by atomic mass is 28.4. The van der Waals surface area contributed by atoms with Gasteiger partial charge in [-0.15, -0.1) is 0 Å². The van der Waals surface area contributed by atoms with Crippen molar-refractivity contribution in [3.8, 4) is 5.75 Å². The first-order chi connectivity index (χ1) is 8.67. The molecule has 1 rings (SSSR count). The van der Waals surface area contributed by atoms with Gasteiger partial charge < -0.3 is 9.53 Å². The Labute approximate surface area is 118 Å². The van der Waals surface area contributed by atoms with Crippen LogP contribution in [0.2, 0.25) is 18.1 Å². The van der Waals surface area contributed by atoms with Crippen LogP contribution < -0.4 is 0 Å². The minimum Gasteiger partial charge on any atom is -0.507 e. The molecule has 2 nitrogen and oxygen atoms in total. The summed E-state index contributed by atoms with van der Waals surface area (Å²) >= 11 is 0. The molecule has 0 heterocycles. The minimum atomic E-state index is -1.72. The molecule has 0 amide bonds. The summed E-state index contributed by atoms with van der Waals surface area (Å²) < 4.78 is 6.19. The smallest absolute Gasteiger partial charge is 0.192 e. The molecule has 0 unspecified atom stereocenters. The molecule has 1 N–H and O–H groups in total. The van der Waals surface area contributed by atoms with Gasteiger partial charge in [-0.3, -0.25) is 0 Å². The summed E-state index contributed by atoms with van der Waals surface area (Å²) in [5.74, 6) is 0.314. The van der Waals surface area contributed by atoms with Crippen LogP contribution in [0.25, 0.3) is 6.08 Å². The molecule has 0 radical (unpaired) electrons. The van der Waals surface area contributed by atoms with Crippen LogP contribution in [0.1, 0.15) is 38.8 Å². The fraction of sp³-hybridized carbons (Fsp3) is 0.500. The first-order valence-electron chi connectivity index (χ1n) is 6.76. The second-order valence-corrected chi connectivity index (χ2v) is 11.3. The first kappa shape index (κ1) is 16.0. The zero-order valence-electron chi connectivity index (χ0n) is 12.9. The lowest BCUT2D eigenvalue weighted by Crippen LogP contribution is -2.40. The monoisotopic (exact) mass is 278 g/mol. The van der Waals surface area contributed by atoms with Crippen LogP contribution >= 0.6 is 0 Å². The van der Waals surface area contributed by atoms with E-state index in [0.717, 1.165) is 11.1 Å². The molecule has 0 fully saturated rings. The van der Waals surface area contributed by atoms with E-state index in [1.807, 2.05) is 31.2 Å². The van der Waals surface area contributed by atoms with Crippen molar-refractivity contribution in [3.05, 3.63) is 35.4 Å². The van der Waals surface area contributed by atoms with E-state index in [-0.39, 0.29) is 5.04 Å². The molecule has 1 aromatic carbocycles. The number of aromatic hydroxyl groups is 1. The third-order valence-electron chi connectivity index (χ3n) is 3.84. The van der Waals surface area contributed by atoms with E-state index in [1.54, 1.807) is 6.07 Å². The molecule has 0 atom stereocenters. The quantitative estimate of drug-likeness (QED) is 0.790. The van der Waals surface area contributed by atoms with E-state index in [1.165, 1.54) is 0 Å². The standard InChI is InChI=1S/C16H26O2Si/c1-7-8-14-11-13(9-10-15(14)17)12-18-19(5,6)16(2,3)4/h7-11,17H,12H2,1-6H3/b8-7+. The molecular formula is C16H26O2Si. The molecular weight excluding hydrogens is 252 g/mol. The Morgan fingerprint density at radius 1 is 1.26 bits per heavy atom. The predicted molar refractivity (Wildman–Crippen MR) is 84.8 cm³/mol. The summed E-state index contributed by atoms with van der Waals surface area (Å²) in [6.07, 6.45) is 3.83. The predicted octanol–water partition coefficient (Wildman–Crippen LogP) is 4.95. The number of phenols is 1. The van der Waals surface area contributed by atoms with E-state index < -0.39 is 8.32 Å². The van der Waals surface area contributed by atoms with Crippen LogP contribution in [0.15, 0.2) is 24.3 Å². The van der Waals surface area contributed by atoms with Gasteiger partial charge >= 0.3 is 0 Å². The lowest BCUT2D eigenvalue weighted by molar-refractivity contribution is 0.276. The lowest BCUT2D eigenvalue weighted by Gasteiger charge is -2.36. The van der Waals surface area contributed by atoms with Gasteiger partial charge in [0.15, 0.2) is 8.32 Å². The molecule has 0 spiro atoms. The summed E-state index contributed by atoms with van der Waals surface area (Å²) in [4.78, 5) is 0. The van der Waals surface area contributed by atoms with Crippen LogP contribution in [-0.4, -0.2) is 13.4 Å². The minimum absolute atomic E-state index is 0.218. The molecule has 0 aromatic heterocycles. The van der Waals surface area contributed by atoms with Crippen molar-refractivity contribution in [3.63, 3.8) is 0 Å². The second-order valence-electron chi connectivity index (χ2n) is 6.44. The average molecular weight is 278 g/mol. The van der Waals surface area contributed by atoms with Crippen molar-refractivity contribution in [2.45, 2.75) is 52.4 Å². The summed E-state index contributed by atoms with van der Waals surface area (Å²) in [6, 6.07) is 5.65. The third kappa shape index (κ3) is 4.22. The lowest BCUT2D eigenvalue weighted by atomic mass is 10.1. The Morgan fingerprint density at radius 2 is 1.89 bits per heavy atom. The fourth-order valence-electron chi connectivity index (χ4n) is 1.49. The van der Waals surface area contributed by atoms with Gasteiger partial charge in [0.1, 0.15) is 5.75 Å². The molecule has 0 aliphatic carbocycles. The van der Waals surface area contributed by atoms with Crippen LogP contribution in [0.4, 0.5) is 0 Å². The van der Waals surface area contributed by atoms with Gasteiger partial charge in [-0.25, -0.2) is 0 Å². The second kappa shape index (κ2) is 5.93. The van der Waals surface area contributed by atoms with Gasteiger partial charge in [0.2, 0.25) is 0 Å². The third-order valence-corrected chi connectivity index (χ3v) is 8.32. The topological polar surface area (TPSA) is 29.5 Å². The molecule has 106 valence electrons. The number of hydrogen-bond donors (Lipinski definition) is 1. The molecule has 0 aliphatic heterocycles. The Balaban J connectivity index is 2.82. The highest BCUT2D eigenvalue weighted by molar-refractivity contribution is 6.74. The summed E-state index contributed by atoms with van der Waals surface area (Å²) in [5.41, 5.74) is 1.95. The number of hydrogen-bond acceptors (Lipinski definition) is 2. The van der Waals surface area contributed by atoms with E-state index in [4.69, 9.17) is 4.43 Å². The first-order valence-corrected chi connectivity index (χ1v) is 9.67. The van der Waals surface area contributed by atoms with Crippen LogP contribution in [-0.2, 0) is 11.0 Å². The van der Waals surface area contributed by atoms with Crippen LogP contribution in [0.5, 0.6) is 5.75 Å². The Hall–Kier alpha value is -1.06. The van der Waals surface area contributed by atoms with Crippen molar-refractivity contribution < 1.29 is 9.53 Å². The number of benzene rings is 1. The molecule has 3 heteroatoms. The van der Waals surface area contributed by atoms with Gasteiger partial charge in [0, 0.05) is 5.56 Å². The molecule has 0 aliphatic rings. The molecule has 0 bridgehead atoms. The van der Waals surface area contributed by atoms with Crippen LogP contribution in [0, 0.1) is 0 Å². The Morgan fingerprint density at radius 3 is 2.42 bits per heavy atom. The normalized spacial score (nSPS) is 13.2. The van der Waals surface area contributed by atoms with Crippen molar-refractivity contribution in [2.24, 2.45) is 0 Å². The SMILES string of the molecule is C/C=C/c1cc(CO[Si](C)(C)C(C)(C)C)ccc1O. The fourth-order valence-corrected chi connectivity index (χ4v) is 2.45. The largest absolute Gasteiger partial charge is 0.507 e. The van der Waals surface area contributed by atoms with Gasteiger partial charge in [-0.05, 0) is 42.8 Å². The molecule has 0 saturated heterocycles. The van der Waals surface area contributed by atoms with Gasteiger partial charge in [0.25, 0.3) is 0 Å². The average Bonchev–Trinajstić information content (AvgIpc) is 2.29. The molecule has 1 aromatic rings. The summed E-state index contributed by atoms with van der Waals surface area (Å²) in [5, 5.41) is 9.96. The number of phenolic OH excluding ortho intramolecular Hbond substituents is 1. The van der Waals surface area contributed by atoms with Crippen LogP contribution in [0.3, 0.4) is 0 Å². The number of rotatable bonds is 4. The van der Waals surface area contributed by atoms with E-state index in [0.29, 0.717) is 12.4 Å². The highest BCUT2D eigenvalue weighted by Crippen LogP contribution is 2.37. The van der Waals surface area contributed by atoms with Gasteiger partial charge in [-0.1, -0.05) is 39.0 Å². The Kier molecular flexibility index (Phi) is 4.99. The maximum Gasteiger partial charge on any atom is 0.192 e. The Bertz CT molecular complexity index is 456. The zero-order chi connectivity index (χ0) is 14.7. The molecule has 0 saturated carbocycles. The van der Waals surface area contributed by atoms with E-state index in [2.05, 4.69) is 33.9 Å². The van der Waals surface area contributed by atoms with Crippen molar-refractivity contribution in [1.29, 1.82) is 0 Å². The van der Waals surface area contributed by atoms with E-state index >= 15 is 0 Å². The van der Waals surface area contributed by atoms with Crippen molar-refractivity contribution in [1.82, 2.24) is 0 Å². The van der Waals surface area contributed by atoms with Gasteiger partial charge in [-0.2, -0.15) is 0 Å². The zero-order valence-corrected chi connectivity index (χ0v) is 13.9. The van der Waals surface area contributed by atoms with E-state index in [9.17, 15) is 5.11 Å². The summed E-state index contributed by atoms with van der Waals surface area (Å²) in [7, 11) is -1.72. The molecule has 19 heavy (non-hydrogen) atoms. The van der Waals surface area contributed by atoms with Gasteiger partial charge in [0.05, 0.1) is 6.61 Å². The maximum absolute atomic E-state index is 9.74. The number of allylic oxidation sites excluding steroid dienone is 1. The maximum atomic E-state index is 9.74. The highest BCUT2D eigenvalue weighted by Gasteiger charge is 2.36. The summed E-state index contributed by atoms with van der Waals surface area (Å²) in [6.45, 7) is 13.8. The van der Waals surface area contributed by atoms with Crippen molar-refractivity contribution in [2.75, 3.05) is 0 Å².